The lowest BCUT2D eigenvalue weighted by molar-refractivity contribution is 0.576. The van der Waals surface area contributed by atoms with Crippen LogP contribution in [0.3, 0.4) is 0 Å². The predicted octanol–water partition coefficient (Wildman–Crippen LogP) is 1.61. The van der Waals surface area contributed by atoms with Crippen molar-refractivity contribution >= 4 is 10.0 Å². The van der Waals surface area contributed by atoms with Gasteiger partial charge in [0.1, 0.15) is 22.3 Å². The second-order valence-electron chi connectivity index (χ2n) is 4.19. The molecule has 0 saturated carbocycles. The van der Waals surface area contributed by atoms with Gasteiger partial charge in [-0.15, -0.1) is 0 Å². The number of nitriles is 1. The Morgan fingerprint density at radius 2 is 2.05 bits per heavy atom. The van der Waals surface area contributed by atoms with Crippen molar-refractivity contribution in [2.24, 2.45) is 0 Å². The molecule has 0 aliphatic rings. The van der Waals surface area contributed by atoms with Crippen LogP contribution in [0.2, 0.25) is 0 Å². The third-order valence-electron chi connectivity index (χ3n) is 2.78. The van der Waals surface area contributed by atoms with Crippen molar-refractivity contribution in [2.75, 3.05) is 6.54 Å². The second-order valence-corrected chi connectivity index (χ2v) is 5.93. The molecule has 1 aromatic heterocycles. The largest absolute Gasteiger partial charge is 0.261 e. The number of sulfonamides is 1. The zero-order valence-corrected chi connectivity index (χ0v) is 11.8. The molecule has 0 unspecified atom stereocenters. The fourth-order valence-corrected chi connectivity index (χ4v) is 2.97. The molecular weight excluding hydrogens is 293 g/mol. The first kappa shape index (κ1) is 15.1. The van der Waals surface area contributed by atoms with Crippen molar-refractivity contribution in [3.8, 4) is 6.07 Å². The number of nitrogens with zero attached hydrogens (tertiary/aromatic N) is 2. The lowest BCUT2D eigenvalue weighted by Gasteiger charge is -2.08. The molecule has 5 nitrogen and oxygen atoms in total. The molecule has 7 heteroatoms. The van der Waals surface area contributed by atoms with Crippen LogP contribution in [0.25, 0.3) is 0 Å². The summed E-state index contributed by atoms with van der Waals surface area (Å²) in [5.74, 6) is -0.856. The fourth-order valence-electron chi connectivity index (χ4n) is 1.77. The molecule has 1 N–H and O–H groups in total. The van der Waals surface area contributed by atoms with E-state index in [0.29, 0.717) is 6.42 Å². The molecule has 0 fully saturated rings. The predicted molar refractivity (Wildman–Crippen MR) is 74.2 cm³/mol. The Bertz CT molecular complexity index is 771. The molecule has 0 spiro atoms. The first-order valence-electron chi connectivity index (χ1n) is 6.13. The van der Waals surface area contributed by atoms with Crippen LogP contribution < -0.4 is 4.72 Å². The smallest absolute Gasteiger partial charge is 0.242 e. The number of hydrogen-bond donors (Lipinski definition) is 1. The van der Waals surface area contributed by atoms with E-state index in [-0.39, 0.29) is 11.4 Å². The molecular formula is C14H12FN3O2S. The molecule has 0 saturated heterocycles. The fraction of sp³-hybridized carbons (Fsp3) is 0.143. The van der Waals surface area contributed by atoms with Gasteiger partial charge in [-0.3, -0.25) is 4.98 Å². The number of pyridine rings is 1. The maximum Gasteiger partial charge on any atom is 0.242 e. The summed E-state index contributed by atoms with van der Waals surface area (Å²) in [4.78, 5) is 3.72. The minimum Gasteiger partial charge on any atom is -0.261 e. The van der Waals surface area contributed by atoms with Gasteiger partial charge in [-0.1, -0.05) is 12.1 Å². The van der Waals surface area contributed by atoms with Crippen LogP contribution in [-0.4, -0.2) is 19.9 Å². The van der Waals surface area contributed by atoms with Crippen molar-refractivity contribution in [3.05, 3.63) is 59.7 Å². The molecule has 108 valence electrons. The summed E-state index contributed by atoms with van der Waals surface area (Å²) in [5.41, 5.74) is 0.253. The van der Waals surface area contributed by atoms with Gasteiger partial charge in [0.05, 0.1) is 0 Å². The summed E-state index contributed by atoms with van der Waals surface area (Å²) >= 11 is 0. The highest BCUT2D eigenvalue weighted by Crippen LogP contribution is 2.17. The average Bonchev–Trinajstić information content (AvgIpc) is 2.48. The number of rotatable bonds is 5. The van der Waals surface area contributed by atoms with E-state index in [1.54, 1.807) is 30.5 Å². The molecule has 0 aliphatic carbocycles. The summed E-state index contributed by atoms with van der Waals surface area (Å²) < 4.78 is 40.0. The van der Waals surface area contributed by atoms with Gasteiger partial charge in [-0.25, -0.2) is 17.5 Å². The quantitative estimate of drug-likeness (QED) is 0.909. The molecule has 0 bridgehead atoms. The SMILES string of the molecule is N#Cc1c(F)cccc1S(=O)(=O)NCCc1ccccn1. The number of aromatic nitrogens is 1. The normalized spacial score (nSPS) is 11.0. The summed E-state index contributed by atoms with van der Waals surface area (Å²) in [6.07, 6.45) is 2.02. The lowest BCUT2D eigenvalue weighted by atomic mass is 10.2. The van der Waals surface area contributed by atoms with Crippen LogP contribution in [0.1, 0.15) is 11.3 Å². The van der Waals surface area contributed by atoms with Gasteiger partial charge >= 0.3 is 0 Å². The van der Waals surface area contributed by atoms with Crippen LogP contribution >= 0.6 is 0 Å². The van der Waals surface area contributed by atoms with Crippen molar-refractivity contribution in [3.63, 3.8) is 0 Å². The molecule has 1 heterocycles. The van der Waals surface area contributed by atoms with E-state index in [0.717, 1.165) is 11.8 Å². The van der Waals surface area contributed by atoms with E-state index in [4.69, 9.17) is 5.26 Å². The molecule has 0 amide bonds. The lowest BCUT2D eigenvalue weighted by Crippen LogP contribution is -2.27. The Hall–Kier alpha value is -2.30. The van der Waals surface area contributed by atoms with Crippen LogP contribution in [0.15, 0.2) is 47.5 Å². The van der Waals surface area contributed by atoms with Gasteiger partial charge in [-0.2, -0.15) is 5.26 Å². The van der Waals surface area contributed by atoms with Crippen LogP contribution in [0, 0.1) is 17.1 Å². The molecule has 0 radical (unpaired) electrons. The van der Waals surface area contributed by atoms with Crippen molar-refractivity contribution < 1.29 is 12.8 Å². The first-order chi connectivity index (χ1) is 10.0. The maximum atomic E-state index is 13.4. The van der Waals surface area contributed by atoms with E-state index in [1.165, 1.54) is 12.1 Å². The minimum absolute atomic E-state index is 0.112. The van der Waals surface area contributed by atoms with Gasteiger partial charge in [0.2, 0.25) is 10.0 Å². The van der Waals surface area contributed by atoms with Gasteiger partial charge in [0.25, 0.3) is 0 Å². The standard InChI is InChI=1S/C14H12FN3O2S/c15-13-5-3-6-14(12(13)10-16)21(19,20)18-9-7-11-4-1-2-8-17-11/h1-6,8,18H,7,9H2. The Labute approximate surface area is 122 Å². The van der Waals surface area contributed by atoms with Crippen molar-refractivity contribution in [2.45, 2.75) is 11.3 Å². The molecule has 1 aromatic carbocycles. The van der Waals surface area contributed by atoms with Crippen molar-refractivity contribution in [1.82, 2.24) is 9.71 Å². The number of nitrogens with one attached hydrogen (secondary N) is 1. The Morgan fingerprint density at radius 3 is 2.71 bits per heavy atom. The van der Waals surface area contributed by atoms with Gasteiger partial charge < -0.3 is 0 Å². The summed E-state index contributed by atoms with van der Waals surface area (Å²) in [6.45, 7) is 0.112. The van der Waals surface area contributed by atoms with Crippen LogP contribution in [-0.2, 0) is 16.4 Å². The molecule has 2 aromatic rings. The maximum absolute atomic E-state index is 13.4. The number of halogens is 1. The highest BCUT2D eigenvalue weighted by Gasteiger charge is 2.20. The van der Waals surface area contributed by atoms with Crippen LogP contribution in [0.4, 0.5) is 4.39 Å². The summed E-state index contributed by atoms with van der Waals surface area (Å²) in [7, 11) is -3.94. The Kier molecular flexibility index (Phi) is 4.62. The summed E-state index contributed by atoms with van der Waals surface area (Å²) in [6, 6.07) is 10.4. The van der Waals surface area contributed by atoms with E-state index in [1.807, 2.05) is 0 Å². The Morgan fingerprint density at radius 1 is 1.24 bits per heavy atom. The molecule has 0 atom stereocenters. The van der Waals surface area contributed by atoms with Crippen molar-refractivity contribution in [1.29, 1.82) is 5.26 Å². The zero-order chi connectivity index (χ0) is 15.3. The van der Waals surface area contributed by atoms with E-state index < -0.39 is 21.4 Å². The highest BCUT2D eigenvalue weighted by molar-refractivity contribution is 7.89. The van der Waals surface area contributed by atoms with E-state index in [2.05, 4.69) is 9.71 Å². The summed E-state index contributed by atoms with van der Waals surface area (Å²) in [5, 5.41) is 8.87. The van der Waals surface area contributed by atoms with E-state index in [9.17, 15) is 12.8 Å². The first-order valence-corrected chi connectivity index (χ1v) is 7.61. The monoisotopic (exact) mass is 305 g/mol. The highest BCUT2D eigenvalue weighted by atomic mass is 32.2. The minimum atomic E-state index is -3.94. The van der Waals surface area contributed by atoms with Gasteiger partial charge in [0, 0.05) is 24.9 Å². The zero-order valence-electron chi connectivity index (χ0n) is 11.0. The molecule has 21 heavy (non-hydrogen) atoms. The molecule has 0 aliphatic heterocycles. The Balaban J connectivity index is 2.13. The van der Waals surface area contributed by atoms with Crippen LogP contribution in [0.5, 0.6) is 0 Å². The van der Waals surface area contributed by atoms with Gasteiger partial charge in [0.15, 0.2) is 0 Å². The topological polar surface area (TPSA) is 82.8 Å². The third kappa shape index (κ3) is 3.62. The number of benzene rings is 1. The van der Waals surface area contributed by atoms with E-state index >= 15 is 0 Å². The third-order valence-corrected chi connectivity index (χ3v) is 4.28. The second kappa shape index (κ2) is 6.43. The number of hydrogen-bond acceptors (Lipinski definition) is 4. The molecule has 2 rings (SSSR count). The average molecular weight is 305 g/mol. The van der Waals surface area contributed by atoms with Gasteiger partial charge in [-0.05, 0) is 24.3 Å².